The number of methoxy groups -OCH3 is 1. The Bertz CT molecular complexity index is 198. The van der Waals surface area contributed by atoms with Crippen molar-refractivity contribution in [2.24, 2.45) is 0 Å². The maximum atomic E-state index is 9.91. The van der Waals surface area contributed by atoms with Crippen LogP contribution in [0.1, 0.15) is 6.42 Å². The molecule has 3 nitrogen and oxygen atoms in total. The molecule has 1 aliphatic rings. The number of hydrogen-bond donors (Lipinski definition) is 2. The summed E-state index contributed by atoms with van der Waals surface area (Å²) in [6.07, 6.45) is 6.94. The molecular weight excluding hydrogens is 156 g/mol. The quantitative estimate of drug-likeness (QED) is 0.638. The van der Waals surface area contributed by atoms with Crippen LogP contribution in [-0.2, 0) is 4.74 Å². The van der Waals surface area contributed by atoms with Gasteiger partial charge in [-0.25, -0.2) is 0 Å². The Balaban J connectivity index is 2.72. The lowest BCUT2D eigenvalue weighted by Crippen LogP contribution is -2.42. The standard InChI is InChI=1S/C9H14O3/c1-12-8-4-2-3-5-9(8,11)6-7-10/h2-5,8,10-11H,6-7H2,1H3. The summed E-state index contributed by atoms with van der Waals surface area (Å²) < 4.78 is 5.06. The molecule has 0 bridgehead atoms. The molecule has 12 heavy (non-hydrogen) atoms. The summed E-state index contributed by atoms with van der Waals surface area (Å²) in [5, 5.41) is 18.6. The van der Waals surface area contributed by atoms with Crippen LogP contribution in [0, 0.1) is 0 Å². The van der Waals surface area contributed by atoms with Gasteiger partial charge in [-0.2, -0.15) is 0 Å². The zero-order valence-corrected chi connectivity index (χ0v) is 7.10. The molecule has 2 atom stereocenters. The zero-order valence-electron chi connectivity index (χ0n) is 7.10. The van der Waals surface area contributed by atoms with Crippen molar-refractivity contribution in [2.75, 3.05) is 13.7 Å². The molecule has 0 aliphatic heterocycles. The third-order valence-electron chi connectivity index (χ3n) is 2.04. The Morgan fingerprint density at radius 3 is 2.83 bits per heavy atom. The summed E-state index contributed by atoms with van der Waals surface area (Å²) in [6, 6.07) is 0. The first kappa shape index (κ1) is 9.45. The highest BCUT2D eigenvalue weighted by atomic mass is 16.5. The molecule has 0 aromatic rings. The van der Waals surface area contributed by atoms with Gasteiger partial charge in [0.15, 0.2) is 0 Å². The van der Waals surface area contributed by atoms with Crippen LogP contribution in [0.25, 0.3) is 0 Å². The van der Waals surface area contributed by atoms with Crippen molar-refractivity contribution in [1.82, 2.24) is 0 Å². The van der Waals surface area contributed by atoms with E-state index < -0.39 is 5.60 Å². The van der Waals surface area contributed by atoms with Gasteiger partial charge in [0.25, 0.3) is 0 Å². The molecule has 0 spiro atoms. The zero-order chi connectivity index (χ0) is 9.03. The Morgan fingerprint density at radius 1 is 1.50 bits per heavy atom. The molecule has 0 radical (unpaired) electrons. The Kier molecular flexibility index (Phi) is 3.03. The molecule has 1 aliphatic carbocycles. The van der Waals surface area contributed by atoms with E-state index >= 15 is 0 Å². The second-order valence-corrected chi connectivity index (χ2v) is 2.87. The lowest BCUT2D eigenvalue weighted by atomic mass is 9.89. The monoisotopic (exact) mass is 170 g/mol. The molecule has 2 unspecified atom stereocenters. The van der Waals surface area contributed by atoms with E-state index in [1.54, 1.807) is 18.2 Å². The van der Waals surface area contributed by atoms with E-state index in [1.165, 1.54) is 7.11 Å². The smallest absolute Gasteiger partial charge is 0.115 e. The second-order valence-electron chi connectivity index (χ2n) is 2.87. The molecule has 0 aromatic heterocycles. The average molecular weight is 170 g/mol. The van der Waals surface area contributed by atoms with Crippen molar-refractivity contribution in [2.45, 2.75) is 18.1 Å². The van der Waals surface area contributed by atoms with Gasteiger partial charge in [-0.3, -0.25) is 0 Å². The van der Waals surface area contributed by atoms with E-state index in [0.717, 1.165) is 0 Å². The minimum Gasteiger partial charge on any atom is -0.396 e. The Morgan fingerprint density at radius 2 is 2.25 bits per heavy atom. The predicted molar refractivity (Wildman–Crippen MR) is 45.7 cm³/mol. The molecule has 0 saturated heterocycles. The first-order valence-electron chi connectivity index (χ1n) is 3.95. The number of hydrogen-bond acceptors (Lipinski definition) is 3. The normalized spacial score (nSPS) is 34.1. The average Bonchev–Trinajstić information content (AvgIpc) is 2.05. The van der Waals surface area contributed by atoms with Gasteiger partial charge in [0, 0.05) is 20.1 Å². The highest BCUT2D eigenvalue weighted by Gasteiger charge is 2.33. The number of aliphatic hydroxyl groups is 2. The summed E-state index contributed by atoms with van der Waals surface area (Å²) in [4.78, 5) is 0. The highest BCUT2D eigenvalue weighted by molar-refractivity contribution is 5.22. The third kappa shape index (κ3) is 1.75. The van der Waals surface area contributed by atoms with E-state index in [4.69, 9.17) is 9.84 Å². The van der Waals surface area contributed by atoms with Gasteiger partial charge >= 0.3 is 0 Å². The number of rotatable bonds is 3. The summed E-state index contributed by atoms with van der Waals surface area (Å²) in [6.45, 7) is -0.0471. The third-order valence-corrected chi connectivity index (χ3v) is 2.04. The topological polar surface area (TPSA) is 49.7 Å². The maximum Gasteiger partial charge on any atom is 0.115 e. The van der Waals surface area contributed by atoms with Crippen molar-refractivity contribution in [1.29, 1.82) is 0 Å². The van der Waals surface area contributed by atoms with Gasteiger partial charge in [-0.1, -0.05) is 24.3 Å². The van der Waals surface area contributed by atoms with Crippen molar-refractivity contribution < 1.29 is 14.9 Å². The van der Waals surface area contributed by atoms with E-state index in [2.05, 4.69) is 0 Å². The fraction of sp³-hybridized carbons (Fsp3) is 0.556. The molecule has 1 rings (SSSR count). The van der Waals surface area contributed by atoms with E-state index in [0.29, 0.717) is 6.42 Å². The van der Waals surface area contributed by atoms with Crippen LogP contribution >= 0.6 is 0 Å². The fourth-order valence-corrected chi connectivity index (χ4v) is 1.34. The minimum atomic E-state index is -1.04. The van der Waals surface area contributed by atoms with Crippen LogP contribution in [0.2, 0.25) is 0 Å². The maximum absolute atomic E-state index is 9.91. The van der Waals surface area contributed by atoms with Crippen LogP contribution < -0.4 is 0 Å². The van der Waals surface area contributed by atoms with Gasteiger partial charge < -0.3 is 14.9 Å². The lowest BCUT2D eigenvalue weighted by Gasteiger charge is -2.31. The van der Waals surface area contributed by atoms with Crippen LogP contribution in [0.3, 0.4) is 0 Å². The second kappa shape index (κ2) is 3.85. The molecule has 3 heteroatoms. The molecule has 0 aromatic carbocycles. The molecule has 0 fully saturated rings. The Labute approximate surface area is 72.0 Å². The number of allylic oxidation sites excluding steroid dienone is 2. The molecule has 68 valence electrons. The molecular formula is C9H14O3. The summed E-state index contributed by atoms with van der Waals surface area (Å²) in [5.41, 5.74) is -1.04. The summed E-state index contributed by atoms with van der Waals surface area (Å²) >= 11 is 0. The van der Waals surface area contributed by atoms with Gasteiger partial charge in [0.05, 0.1) is 0 Å². The molecule has 0 amide bonds. The van der Waals surface area contributed by atoms with Gasteiger partial charge in [-0.05, 0) is 0 Å². The highest BCUT2D eigenvalue weighted by Crippen LogP contribution is 2.23. The van der Waals surface area contributed by atoms with Crippen LogP contribution in [-0.4, -0.2) is 35.6 Å². The molecule has 0 heterocycles. The van der Waals surface area contributed by atoms with Crippen molar-refractivity contribution in [3.8, 4) is 0 Å². The number of aliphatic hydroxyl groups excluding tert-OH is 1. The first-order chi connectivity index (χ1) is 5.73. The number of ether oxygens (including phenoxy) is 1. The fourth-order valence-electron chi connectivity index (χ4n) is 1.34. The van der Waals surface area contributed by atoms with E-state index in [-0.39, 0.29) is 12.7 Å². The van der Waals surface area contributed by atoms with Gasteiger partial charge in [0.1, 0.15) is 11.7 Å². The van der Waals surface area contributed by atoms with E-state index in [1.807, 2.05) is 6.08 Å². The first-order valence-corrected chi connectivity index (χ1v) is 3.95. The lowest BCUT2D eigenvalue weighted by molar-refractivity contribution is -0.0504. The predicted octanol–water partition coefficient (Wildman–Crippen LogP) is 0.241. The largest absolute Gasteiger partial charge is 0.396 e. The summed E-state index contributed by atoms with van der Waals surface area (Å²) in [7, 11) is 1.54. The SMILES string of the molecule is COC1C=CC=CC1(O)CCO. The molecule has 0 saturated carbocycles. The van der Waals surface area contributed by atoms with Crippen LogP contribution in [0.4, 0.5) is 0 Å². The Hall–Kier alpha value is -0.640. The molecule has 2 N–H and O–H groups in total. The minimum absolute atomic E-state index is 0.0471. The van der Waals surface area contributed by atoms with Crippen molar-refractivity contribution in [3.63, 3.8) is 0 Å². The van der Waals surface area contributed by atoms with Gasteiger partial charge in [0.2, 0.25) is 0 Å². The summed E-state index contributed by atoms with van der Waals surface area (Å²) in [5.74, 6) is 0. The van der Waals surface area contributed by atoms with Crippen LogP contribution in [0.15, 0.2) is 24.3 Å². The van der Waals surface area contributed by atoms with Crippen molar-refractivity contribution in [3.05, 3.63) is 24.3 Å². The van der Waals surface area contributed by atoms with Gasteiger partial charge in [-0.15, -0.1) is 0 Å². The van der Waals surface area contributed by atoms with Crippen LogP contribution in [0.5, 0.6) is 0 Å². The van der Waals surface area contributed by atoms with Crippen molar-refractivity contribution >= 4 is 0 Å². The van der Waals surface area contributed by atoms with E-state index in [9.17, 15) is 5.11 Å².